The SMILES string of the molecule is O=C1CCCCC2=C1C=[C+]C=C2Br. The second kappa shape index (κ2) is 3.57. The van der Waals surface area contributed by atoms with Crippen LogP contribution in [0.25, 0.3) is 0 Å². The molecule has 2 rings (SSSR count). The number of rotatable bonds is 0. The molecule has 0 N–H and O–H groups in total. The Morgan fingerprint density at radius 3 is 2.92 bits per heavy atom. The molecule has 2 aliphatic rings. The van der Waals surface area contributed by atoms with Crippen LogP contribution in [0.5, 0.6) is 0 Å². The van der Waals surface area contributed by atoms with Crippen molar-refractivity contribution >= 4 is 21.7 Å². The molecule has 2 aliphatic carbocycles. The van der Waals surface area contributed by atoms with Crippen LogP contribution in [0.3, 0.4) is 0 Å². The van der Waals surface area contributed by atoms with Gasteiger partial charge < -0.3 is 0 Å². The van der Waals surface area contributed by atoms with Crippen LogP contribution < -0.4 is 0 Å². The van der Waals surface area contributed by atoms with Crippen LogP contribution in [0, 0.1) is 6.08 Å². The van der Waals surface area contributed by atoms with E-state index in [4.69, 9.17) is 0 Å². The Morgan fingerprint density at radius 1 is 1.31 bits per heavy atom. The van der Waals surface area contributed by atoms with Crippen molar-refractivity contribution in [3.8, 4) is 0 Å². The van der Waals surface area contributed by atoms with Crippen LogP contribution in [0.1, 0.15) is 25.7 Å². The van der Waals surface area contributed by atoms with Crippen LogP contribution >= 0.6 is 15.9 Å². The van der Waals surface area contributed by atoms with Gasteiger partial charge in [0, 0.05) is 28.4 Å². The standard InChI is InChI=1S/C11H10BrO/c12-10-6-3-5-9-8(10)4-1-2-7-11(9)13/h5-6H,1-2,4,7H2/q+1. The van der Waals surface area contributed by atoms with Gasteiger partial charge >= 0.3 is 0 Å². The van der Waals surface area contributed by atoms with Crippen LogP contribution in [-0.4, -0.2) is 5.78 Å². The Hall–Kier alpha value is -0.720. The first-order valence-electron chi connectivity index (χ1n) is 4.50. The Kier molecular flexibility index (Phi) is 2.43. The molecule has 0 bridgehead atoms. The first-order chi connectivity index (χ1) is 6.29. The second-order valence-electron chi connectivity index (χ2n) is 3.33. The number of halogens is 1. The molecule has 0 aromatic rings. The number of allylic oxidation sites excluding steroid dienone is 6. The topological polar surface area (TPSA) is 17.1 Å². The highest BCUT2D eigenvalue weighted by atomic mass is 79.9. The summed E-state index contributed by atoms with van der Waals surface area (Å²) in [5.74, 6) is 0.269. The van der Waals surface area contributed by atoms with Gasteiger partial charge in [-0.1, -0.05) is 0 Å². The quantitative estimate of drug-likeness (QED) is 0.592. The molecule has 0 amide bonds. The zero-order valence-corrected chi connectivity index (χ0v) is 8.86. The largest absolute Gasteiger partial charge is 0.278 e. The number of hydrogen-bond donors (Lipinski definition) is 0. The van der Waals surface area contributed by atoms with Gasteiger partial charge in [-0.3, -0.25) is 4.79 Å². The molecular weight excluding hydrogens is 228 g/mol. The molecule has 0 atom stereocenters. The van der Waals surface area contributed by atoms with Gasteiger partial charge in [0.2, 0.25) is 5.78 Å². The molecule has 0 spiro atoms. The van der Waals surface area contributed by atoms with Gasteiger partial charge in [-0.05, 0) is 19.3 Å². The smallest absolute Gasteiger partial charge is 0.218 e. The molecule has 0 radical (unpaired) electrons. The van der Waals surface area contributed by atoms with E-state index in [0.29, 0.717) is 6.42 Å². The number of carbonyl (C=O) groups excluding carboxylic acids is 1. The van der Waals surface area contributed by atoms with Crippen molar-refractivity contribution in [3.05, 3.63) is 33.9 Å². The van der Waals surface area contributed by atoms with E-state index >= 15 is 0 Å². The van der Waals surface area contributed by atoms with Gasteiger partial charge in [0.15, 0.2) is 0 Å². The van der Waals surface area contributed by atoms with Crippen molar-refractivity contribution in [1.29, 1.82) is 0 Å². The van der Waals surface area contributed by atoms with E-state index in [1.54, 1.807) is 0 Å². The normalized spacial score (nSPS) is 21.9. The van der Waals surface area contributed by atoms with Gasteiger partial charge in [0.05, 0.1) is 5.57 Å². The lowest BCUT2D eigenvalue weighted by molar-refractivity contribution is -0.115. The zero-order chi connectivity index (χ0) is 9.26. The van der Waals surface area contributed by atoms with Crippen LogP contribution in [0.4, 0.5) is 0 Å². The molecule has 2 heteroatoms. The van der Waals surface area contributed by atoms with Gasteiger partial charge in [0.25, 0.3) is 0 Å². The third-order valence-electron chi connectivity index (χ3n) is 2.43. The number of hydrogen-bond acceptors (Lipinski definition) is 1. The van der Waals surface area contributed by atoms with E-state index in [1.807, 2.05) is 12.2 Å². The number of Topliss-reactive ketones (excluding diaryl/α,β-unsaturated/α-hetero) is 1. The zero-order valence-electron chi connectivity index (χ0n) is 7.27. The van der Waals surface area contributed by atoms with E-state index in [0.717, 1.165) is 29.3 Å². The fourth-order valence-corrected chi connectivity index (χ4v) is 2.27. The van der Waals surface area contributed by atoms with Gasteiger partial charge in [-0.2, -0.15) is 0 Å². The summed E-state index contributed by atoms with van der Waals surface area (Å²) in [4.78, 5) is 11.6. The molecule has 0 aliphatic heterocycles. The van der Waals surface area contributed by atoms with E-state index in [9.17, 15) is 4.79 Å². The summed E-state index contributed by atoms with van der Waals surface area (Å²) in [6, 6.07) is 0. The summed E-state index contributed by atoms with van der Waals surface area (Å²) in [6.45, 7) is 0. The van der Waals surface area contributed by atoms with Crippen molar-refractivity contribution in [2.24, 2.45) is 0 Å². The monoisotopic (exact) mass is 237 g/mol. The summed E-state index contributed by atoms with van der Waals surface area (Å²) >= 11 is 3.46. The lowest BCUT2D eigenvalue weighted by atomic mass is 9.98. The summed E-state index contributed by atoms with van der Waals surface area (Å²) in [5, 5.41) is 0. The van der Waals surface area contributed by atoms with Crippen molar-refractivity contribution in [1.82, 2.24) is 0 Å². The highest BCUT2D eigenvalue weighted by molar-refractivity contribution is 9.12. The Bertz CT molecular complexity index is 334. The van der Waals surface area contributed by atoms with E-state index < -0.39 is 0 Å². The molecule has 0 unspecified atom stereocenters. The second-order valence-corrected chi connectivity index (χ2v) is 4.18. The van der Waals surface area contributed by atoms with Crippen molar-refractivity contribution in [2.45, 2.75) is 25.7 Å². The van der Waals surface area contributed by atoms with E-state index in [1.165, 1.54) is 5.57 Å². The minimum Gasteiger partial charge on any atom is -0.278 e. The minimum absolute atomic E-state index is 0.269. The first-order valence-corrected chi connectivity index (χ1v) is 5.30. The van der Waals surface area contributed by atoms with Gasteiger partial charge in [-0.15, -0.1) is 0 Å². The molecule has 0 aromatic carbocycles. The molecule has 66 valence electrons. The number of carbonyl (C=O) groups is 1. The highest BCUT2D eigenvalue weighted by Crippen LogP contribution is 2.32. The van der Waals surface area contributed by atoms with Crippen molar-refractivity contribution in [3.63, 3.8) is 0 Å². The van der Waals surface area contributed by atoms with Gasteiger partial charge in [-0.25, -0.2) is 0 Å². The summed E-state index contributed by atoms with van der Waals surface area (Å²) in [6.07, 6.45) is 10.5. The number of ketones is 1. The van der Waals surface area contributed by atoms with E-state index in [2.05, 4.69) is 22.0 Å². The highest BCUT2D eigenvalue weighted by Gasteiger charge is 2.27. The van der Waals surface area contributed by atoms with Gasteiger partial charge in [0.1, 0.15) is 22.2 Å². The molecule has 0 fully saturated rings. The molecular formula is C11H10BrO+. The Balaban J connectivity index is 2.45. The third kappa shape index (κ3) is 1.65. The predicted molar refractivity (Wildman–Crippen MR) is 55.3 cm³/mol. The minimum atomic E-state index is 0.269. The predicted octanol–water partition coefficient (Wildman–Crippen LogP) is 3.08. The lowest BCUT2D eigenvalue weighted by Crippen LogP contribution is -2.03. The Morgan fingerprint density at radius 2 is 2.08 bits per heavy atom. The Labute approximate surface area is 86.3 Å². The fraction of sp³-hybridized carbons (Fsp3) is 0.364. The first kappa shape index (κ1) is 8.86. The molecule has 0 heterocycles. The molecule has 1 nitrogen and oxygen atoms in total. The third-order valence-corrected chi connectivity index (χ3v) is 3.14. The summed E-state index contributed by atoms with van der Waals surface area (Å²) in [7, 11) is 0. The maximum Gasteiger partial charge on any atom is 0.218 e. The molecule has 0 aromatic heterocycles. The van der Waals surface area contributed by atoms with Crippen LogP contribution in [0.2, 0.25) is 0 Å². The summed E-state index contributed by atoms with van der Waals surface area (Å²) in [5.41, 5.74) is 2.04. The maximum absolute atomic E-state index is 11.6. The average Bonchev–Trinajstić information content (AvgIpc) is 2.30. The fourth-order valence-electron chi connectivity index (χ4n) is 1.73. The molecule has 0 saturated carbocycles. The van der Waals surface area contributed by atoms with Crippen LogP contribution in [0.15, 0.2) is 27.8 Å². The summed E-state index contributed by atoms with van der Waals surface area (Å²) < 4.78 is 1.03. The maximum atomic E-state index is 11.6. The lowest BCUT2D eigenvalue weighted by Gasteiger charge is -2.00. The molecule has 13 heavy (non-hydrogen) atoms. The average molecular weight is 238 g/mol. The van der Waals surface area contributed by atoms with E-state index in [-0.39, 0.29) is 5.78 Å². The van der Waals surface area contributed by atoms with Crippen molar-refractivity contribution < 1.29 is 4.79 Å². The van der Waals surface area contributed by atoms with Crippen LogP contribution in [-0.2, 0) is 4.79 Å². The van der Waals surface area contributed by atoms with Crippen molar-refractivity contribution in [2.75, 3.05) is 0 Å². The molecule has 0 saturated heterocycles.